The number of aryl methyl sites for hydroxylation is 2. The van der Waals surface area contributed by atoms with Crippen LogP contribution in [0.2, 0.25) is 0 Å². The molecule has 6 rings (SSSR count). The number of hydrogen-bond acceptors (Lipinski definition) is 5. The van der Waals surface area contributed by atoms with E-state index in [0.717, 1.165) is 62.5 Å². The van der Waals surface area contributed by atoms with E-state index < -0.39 is 0 Å². The monoisotopic (exact) mass is 495 g/mol. The normalized spacial score (nSPS) is 20.5. The fourth-order valence-corrected chi connectivity index (χ4v) is 5.84. The first-order chi connectivity index (χ1) is 18.3. The molecule has 1 aliphatic heterocycles. The second-order valence-corrected chi connectivity index (χ2v) is 10.6. The van der Waals surface area contributed by atoms with Crippen molar-refractivity contribution in [3.63, 3.8) is 0 Å². The van der Waals surface area contributed by atoms with Crippen molar-refractivity contribution in [1.82, 2.24) is 15.3 Å². The molecule has 1 N–H and O–H groups in total. The fourth-order valence-electron chi connectivity index (χ4n) is 5.84. The highest BCUT2D eigenvalue weighted by molar-refractivity contribution is 5.50. The van der Waals surface area contributed by atoms with E-state index in [4.69, 9.17) is 14.5 Å². The largest absolute Gasteiger partial charge is 0.376 e. The molecule has 5 nitrogen and oxygen atoms in total. The summed E-state index contributed by atoms with van der Waals surface area (Å²) >= 11 is 0. The van der Waals surface area contributed by atoms with Gasteiger partial charge in [-0.3, -0.25) is 5.32 Å². The first kappa shape index (κ1) is 24.5. The lowest BCUT2D eigenvalue weighted by Gasteiger charge is -2.21. The summed E-state index contributed by atoms with van der Waals surface area (Å²) in [4.78, 5) is 9.33. The number of nitrogens with zero attached hydrogens (tertiary/aromatic N) is 2. The molecule has 2 aliphatic carbocycles. The van der Waals surface area contributed by atoms with Crippen molar-refractivity contribution < 1.29 is 9.47 Å². The van der Waals surface area contributed by atoms with Crippen molar-refractivity contribution in [1.29, 1.82) is 0 Å². The molecule has 3 aliphatic rings. The Morgan fingerprint density at radius 2 is 1.86 bits per heavy atom. The van der Waals surface area contributed by atoms with E-state index in [1.54, 1.807) is 6.33 Å². The van der Waals surface area contributed by atoms with Crippen LogP contribution in [0.25, 0.3) is 11.6 Å². The maximum absolute atomic E-state index is 6.43. The summed E-state index contributed by atoms with van der Waals surface area (Å²) < 4.78 is 12.4. The molecule has 0 bridgehead atoms. The number of ether oxygens (including phenoxy) is 2. The summed E-state index contributed by atoms with van der Waals surface area (Å²) in [6.07, 6.45) is 14.1. The van der Waals surface area contributed by atoms with Gasteiger partial charge in [-0.25, -0.2) is 9.97 Å². The van der Waals surface area contributed by atoms with Gasteiger partial charge >= 0.3 is 0 Å². The summed E-state index contributed by atoms with van der Waals surface area (Å²) in [5.74, 6) is 0. The molecule has 0 saturated carbocycles. The fraction of sp³-hybridized carbons (Fsp3) is 0.438. The Kier molecular flexibility index (Phi) is 7.73. The second kappa shape index (κ2) is 11.7. The third kappa shape index (κ3) is 6.01. The molecule has 192 valence electrons. The van der Waals surface area contributed by atoms with Crippen molar-refractivity contribution in [2.45, 2.75) is 76.7 Å². The van der Waals surface area contributed by atoms with Gasteiger partial charge in [0, 0.05) is 18.2 Å². The van der Waals surface area contributed by atoms with Crippen molar-refractivity contribution in [2.75, 3.05) is 13.2 Å². The summed E-state index contributed by atoms with van der Waals surface area (Å²) in [6, 6.07) is 17.3. The Balaban J connectivity index is 1.09. The van der Waals surface area contributed by atoms with Gasteiger partial charge in [0.25, 0.3) is 0 Å². The molecule has 0 amide bonds. The number of benzene rings is 2. The maximum atomic E-state index is 6.43. The number of hydrogen-bond donors (Lipinski definition) is 1. The summed E-state index contributed by atoms with van der Waals surface area (Å²) in [6.45, 7) is 2.10. The van der Waals surface area contributed by atoms with Gasteiger partial charge in [-0.1, -0.05) is 54.6 Å². The number of aromatic nitrogens is 2. The SMILES string of the molecule is C1=c2ncnc(CCOCc3ccccc3)c2=C(CN[C@H]2CC[C@@H](Cc3ccc4c(c3)CC4)O2)CCC1. The van der Waals surface area contributed by atoms with Crippen molar-refractivity contribution in [2.24, 2.45) is 0 Å². The third-order valence-electron chi connectivity index (χ3n) is 7.97. The molecule has 37 heavy (non-hydrogen) atoms. The van der Waals surface area contributed by atoms with Crippen LogP contribution in [0.4, 0.5) is 0 Å². The van der Waals surface area contributed by atoms with Crippen LogP contribution in [0.3, 0.4) is 0 Å². The van der Waals surface area contributed by atoms with E-state index in [1.807, 2.05) is 6.07 Å². The molecular weight excluding hydrogens is 458 g/mol. The minimum absolute atomic E-state index is 0.113. The zero-order chi connectivity index (χ0) is 24.9. The van der Waals surface area contributed by atoms with Gasteiger partial charge in [0.2, 0.25) is 0 Å². The molecule has 2 atom stereocenters. The molecule has 0 radical (unpaired) electrons. The topological polar surface area (TPSA) is 56.3 Å². The minimum atomic E-state index is 0.113. The van der Waals surface area contributed by atoms with E-state index >= 15 is 0 Å². The highest BCUT2D eigenvalue weighted by Gasteiger charge is 2.26. The Labute approximate surface area is 219 Å². The predicted octanol–water partition coefficient (Wildman–Crippen LogP) is 3.79. The quantitative estimate of drug-likeness (QED) is 0.434. The van der Waals surface area contributed by atoms with Crippen LogP contribution in [-0.2, 0) is 41.8 Å². The average Bonchev–Trinajstić information content (AvgIpc) is 3.25. The van der Waals surface area contributed by atoms with Gasteiger partial charge in [-0.15, -0.1) is 0 Å². The molecule has 2 aromatic carbocycles. The first-order valence-corrected chi connectivity index (χ1v) is 13.9. The minimum Gasteiger partial charge on any atom is -0.376 e. The van der Waals surface area contributed by atoms with E-state index in [2.05, 4.69) is 58.8 Å². The first-order valence-electron chi connectivity index (χ1n) is 13.9. The molecule has 3 aromatic rings. The van der Waals surface area contributed by atoms with Crippen LogP contribution in [0.1, 0.15) is 60.1 Å². The zero-order valence-corrected chi connectivity index (χ0v) is 21.6. The van der Waals surface area contributed by atoms with E-state index in [9.17, 15) is 0 Å². The predicted molar refractivity (Wildman–Crippen MR) is 146 cm³/mol. The summed E-state index contributed by atoms with van der Waals surface area (Å²) in [5, 5.41) is 6.03. The molecule has 0 spiro atoms. The standard InChI is InChI=1S/C32H37N3O2/c1-2-6-23(7-3-1)21-36-17-16-30-32-27(8-4-5-9-29(32)34-22-35-30)20-33-31-15-14-28(37-31)19-24-10-11-25-12-13-26(25)18-24/h1-3,6-7,9-11,18,22,28,31,33H,4-5,8,12-17,19-21H2/t28-,31+/m0/s1. The van der Waals surface area contributed by atoms with Crippen LogP contribution in [0.15, 0.2) is 54.9 Å². The van der Waals surface area contributed by atoms with Crippen LogP contribution in [0.5, 0.6) is 0 Å². The van der Waals surface area contributed by atoms with E-state index in [-0.39, 0.29) is 6.23 Å². The number of fused-ring (bicyclic) bond motifs is 2. The van der Waals surface area contributed by atoms with Crippen LogP contribution >= 0.6 is 0 Å². The Morgan fingerprint density at radius 3 is 2.73 bits per heavy atom. The summed E-state index contributed by atoms with van der Waals surface area (Å²) in [5.41, 5.74) is 8.18. The molecule has 5 heteroatoms. The molecule has 0 unspecified atom stereocenters. The van der Waals surface area contributed by atoms with Gasteiger partial charge in [0.05, 0.1) is 30.4 Å². The number of nitrogens with one attached hydrogen (secondary N) is 1. The third-order valence-corrected chi connectivity index (χ3v) is 7.97. The zero-order valence-electron chi connectivity index (χ0n) is 21.6. The summed E-state index contributed by atoms with van der Waals surface area (Å²) in [7, 11) is 0. The molecule has 2 heterocycles. The maximum Gasteiger partial charge on any atom is 0.116 e. The average molecular weight is 496 g/mol. The second-order valence-electron chi connectivity index (χ2n) is 10.6. The molecule has 1 fully saturated rings. The van der Waals surface area contributed by atoms with Gasteiger partial charge in [0.1, 0.15) is 12.6 Å². The molecule has 1 saturated heterocycles. The van der Waals surface area contributed by atoms with Gasteiger partial charge in [0.15, 0.2) is 0 Å². The van der Waals surface area contributed by atoms with E-state index in [1.165, 1.54) is 45.9 Å². The Hall–Kier alpha value is -2.86. The lowest BCUT2D eigenvalue weighted by molar-refractivity contribution is 0.0285. The van der Waals surface area contributed by atoms with Crippen LogP contribution in [-0.4, -0.2) is 35.5 Å². The van der Waals surface area contributed by atoms with Gasteiger partial charge < -0.3 is 9.47 Å². The van der Waals surface area contributed by atoms with E-state index in [0.29, 0.717) is 19.3 Å². The van der Waals surface area contributed by atoms with Gasteiger partial charge in [-0.05, 0) is 79.2 Å². The highest BCUT2D eigenvalue weighted by atomic mass is 16.5. The molecular formula is C32H37N3O2. The highest BCUT2D eigenvalue weighted by Crippen LogP contribution is 2.27. The van der Waals surface area contributed by atoms with Crippen molar-refractivity contribution >= 4 is 11.6 Å². The Bertz CT molecular complexity index is 1340. The van der Waals surface area contributed by atoms with Crippen molar-refractivity contribution in [3.05, 3.63) is 93.4 Å². The Morgan fingerprint density at radius 1 is 0.946 bits per heavy atom. The lowest BCUT2D eigenvalue weighted by atomic mass is 9.86. The van der Waals surface area contributed by atoms with Crippen LogP contribution in [0, 0.1) is 0 Å². The molecule has 1 aromatic heterocycles. The van der Waals surface area contributed by atoms with Crippen LogP contribution < -0.4 is 15.9 Å². The smallest absolute Gasteiger partial charge is 0.116 e. The van der Waals surface area contributed by atoms with Crippen molar-refractivity contribution in [3.8, 4) is 0 Å². The van der Waals surface area contributed by atoms with Gasteiger partial charge in [-0.2, -0.15) is 0 Å². The lowest BCUT2D eigenvalue weighted by Crippen LogP contribution is -2.39. The number of rotatable bonds is 10.